The first-order valence-corrected chi connectivity index (χ1v) is 10.4. The fourth-order valence-corrected chi connectivity index (χ4v) is 4.14. The second-order valence-corrected chi connectivity index (χ2v) is 8.17. The van der Waals surface area contributed by atoms with Gasteiger partial charge in [0.2, 0.25) is 11.8 Å². The lowest BCUT2D eigenvalue weighted by molar-refractivity contribution is -0.140. The van der Waals surface area contributed by atoms with Crippen LogP contribution in [-0.4, -0.2) is 40.7 Å². The quantitative estimate of drug-likeness (QED) is 0.511. The molecule has 1 unspecified atom stereocenters. The zero-order valence-corrected chi connectivity index (χ0v) is 17.6. The number of benzene rings is 2. The molecule has 2 N–H and O–H groups in total. The van der Waals surface area contributed by atoms with Gasteiger partial charge in [-0.1, -0.05) is 12.1 Å². The van der Waals surface area contributed by atoms with Crippen LogP contribution in [0.4, 0.5) is 17.6 Å². The third-order valence-corrected chi connectivity index (χ3v) is 5.80. The van der Waals surface area contributed by atoms with Crippen LogP contribution in [0.3, 0.4) is 0 Å². The Balaban J connectivity index is 1.53. The van der Waals surface area contributed by atoms with Crippen LogP contribution in [0.5, 0.6) is 0 Å². The molecule has 34 heavy (non-hydrogen) atoms. The number of piperidine rings is 1. The molecule has 0 aromatic heterocycles. The molecule has 1 fully saturated rings. The fourth-order valence-electron chi connectivity index (χ4n) is 4.14. The number of carbonyl (C=O) groups excluding carboxylic acids is 4. The topological polar surface area (TPSA) is 95.6 Å². The van der Waals surface area contributed by atoms with Gasteiger partial charge in [-0.05, 0) is 47.9 Å². The van der Waals surface area contributed by atoms with Crippen molar-refractivity contribution in [1.82, 2.24) is 15.5 Å². The lowest BCUT2D eigenvalue weighted by Gasteiger charge is -2.29. The number of alkyl halides is 3. The van der Waals surface area contributed by atoms with Crippen LogP contribution < -0.4 is 10.6 Å². The SMILES string of the molecule is O=C1CCC(N2Cc3cc(C(=O)N[C@H](CC(F)(F)F)c4ccc(F)cc4)ccc3C2=O)C(=O)N1. The fraction of sp³-hybridized carbons (Fsp3) is 0.304. The summed E-state index contributed by atoms with van der Waals surface area (Å²) in [6.45, 7) is 0.0194. The van der Waals surface area contributed by atoms with E-state index in [2.05, 4.69) is 10.6 Å². The molecule has 178 valence electrons. The molecule has 0 radical (unpaired) electrons. The monoisotopic (exact) mass is 477 g/mol. The number of nitrogens with zero attached hydrogens (tertiary/aromatic N) is 1. The zero-order valence-electron chi connectivity index (χ0n) is 17.6. The molecule has 11 heteroatoms. The Morgan fingerprint density at radius 1 is 1.12 bits per heavy atom. The van der Waals surface area contributed by atoms with Gasteiger partial charge in [0.25, 0.3) is 11.8 Å². The van der Waals surface area contributed by atoms with Gasteiger partial charge in [-0.3, -0.25) is 24.5 Å². The third kappa shape index (κ3) is 4.92. The van der Waals surface area contributed by atoms with Crippen molar-refractivity contribution in [1.29, 1.82) is 0 Å². The summed E-state index contributed by atoms with van der Waals surface area (Å²) in [5.41, 5.74) is 0.835. The molecule has 2 aromatic rings. The van der Waals surface area contributed by atoms with Gasteiger partial charge >= 0.3 is 6.18 Å². The maximum Gasteiger partial charge on any atom is 0.391 e. The standard InChI is InChI=1S/C23H19F4N3O4/c24-15-4-1-12(2-5-15)17(10-23(25,26)27)28-20(32)13-3-6-16-14(9-13)11-30(22(16)34)18-7-8-19(31)29-21(18)33/h1-6,9,17-18H,7-8,10-11H2,(H,28,32)(H,29,31,33)/t17-,18?/m1/s1. The van der Waals surface area contributed by atoms with E-state index < -0.39 is 54.1 Å². The highest BCUT2D eigenvalue weighted by atomic mass is 19.4. The molecule has 2 heterocycles. The molecule has 0 bridgehead atoms. The largest absolute Gasteiger partial charge is 0.391 e. The van der Waals surface area contributed by atoms with Crippen LogP contribution in [0.2, 0.25) is 0 Å². The van der Waals surface area contributed by atoms with Gasteiger partial charge in [0.15, 0.2) is 0 Å². The van der Waals surface area contributed by atoms with E-state index in [1.165, 1.54) is 35.2 Å². The van der Waals surface area contributed by atoms with Crippen molar-refractivity contribution in [3.63, 3.8) is 0 Å². The number of nitrogens with one attached hydrogen (secondary N) is 2. The number of hydrogen-bond acceptors (Lipinski definition) is 4. The van der Waals surface area contributed by atoms with Crippen molar-refractivity contribution in [3.8, 4) is 0 Å². The Morgan fingerprint density at radius 3 is 2.47 bits per heavy atom. The number of imide groups is 1. The van der Waals surface area contributed by atoms with Crippen LogP contribution in [0.15, 0.2) is 42.5 Å². The molecule has 4 rings (SSSR count). The summed E-state index contributed by atoms with van der Waals surface area (Å²) in [6.07, 6.45) is -5.67. The molecular formula is C23H19F4N3O4. The average Bonchev–Trinajstić information content (AvgIpc) is 3.08. The Labute approximate surface area is 191 Å². The third-order valence-electron chi connectivity index (χ3n) is 5.80. The Bertz CT molecular complexity index is 1160. The summed E-state index contributed by atoms with van der Waals surface area (Å²) in [7, 11) is 0. The summed E-state index contributed by atoms with van der Waals surface area (Å²) in [5.74, 6) is -2.85. The van der Waals surface area contributed by atoms with Crippen molar-refractivity contribution in [2.75, 3.05) is 0 Å². The summed E-state index contributed by atoms with van der Waals surface area (Å²) in [4.78, 5) is 50.4. The second-order valence-electron chi connectivity index (χ2n) is 8.17. The van der Waals surface area contributed by atoms with Gasteiger partial charge in [0.1, 0.15) is 11.9 Å². The molecule has 0 saturated carbocycles. The van der Waals surface area contributed by atoms with Gasteiger partial charge < -0.3 is 10.2 Å². The molecular weight excluding hydrogens is 458 g/mol. The molecule has 0 spiro atoms. The molecule has 2 aliphatic heterocycles. The van der Waals surface area contributed by atoms with E-state index in [1.807, 2.05) is 0 Å². The Morgan fingerprint density at radius 2 is 1.82 bits per heavy atom. The second kappa shape index (κ2) is 8.88. The highest BCUT2D eigenvalue weighted by Crippen LogP contribution is 2.31. The first-order chi connectivity index (χ1) is 16.0. The predicted octanol–water partition coefficient (Wildman–Crippen LogP) is 3.01. The van der Waals surface area contributed by atoms with Gasteiger partial charge in [0.05, 0.1) is 12.5 Å². The number of amides is 4. The van der Waals surface area contributed by atoms with Gasteiger partial charge in [-0.2, -0.15) is 13.2 Å². The number of halogens is 4. The molecule has 4 amide bonds. The normalized spacial score (nSPS) is 19.0. The van der Waals surface area contributed by atoms with Gasteiger partial charge in [0, 0.05) is 24.1 Å². The summed E-state index contributed by atoms with van der Waals surface area (Å²) < 4.78 is 52.5. The Hall–Kier alpha value is -3.76. The molecule has 2 aromatic carbocycles. The van der Waals surface area contributed by atoms with E-state index in [0.717, 1.165) is 12.1 Å². The van der Waals surface area contributed by atoms with Crippen LogP contribution in [0.25, 0.3) is 0 Å². The molecule has 2 atom stereocenters. The van der Waals surface area contributed by atoms with E-state index >= 15 is 0 Å². The van der Waals surface area contributed by atoms with Crippen LogP contribution in [0.1, 0.15) is 57.1 Å². The van der Waals surface area contributed by atoms with E-state index in [4.69, 9.17) is 0 Å². The van der Waals surface area contributed by atoms with Crippen molar-refractivity contribution in [2.24, 2.45) is 0 Å². The molecule has 1 saturated heterocycles. The van der Waals surface area contributed by atoms with Crippen LogP contribution in [-0.2, 0) is 16.1 Å². The summed E-state index contributed by atoms with van der Waals surface area (Å²) >= 11 is 0. The van der Waals surface area contributed by atoms with Crippen molar-refractivity contribution < 1.29 is 36.7 Å². The van der Waals surface area contributed by atoms with E-state index in [9.17, 15) is 36.7 Å². The maximum atomic E-state index is 13.2. The van der Waals surface area contributed by atoms with E-state index in [1.54, 1.807) is 0 Å². The molecule has 2 aliphatic rings. The first-order valence-electron chi connectivity index (χ1n) is 10.4. The minimum absolute atomic E-state index is 0.0194. The number of hydrogen-bond donors (Lipinski definition) is 2. The van der Waals surface area contributed by atoms with Crippen LogP contribution in [0, 0.1) is 5.82 Å². The van der Waals surface area contributed by atoms with Crippen LogP contribution >= 0.6 is 0 Å². The number of rotatable bonds is 5. The van der Waals surface area contributed by atoms with Crippen molar-refractivity contribution in [2.45, 2.75) is 44.1 Å². The molecule has 7 nitrogen and oxygen atoms in total. The lowest BCUT2D eigenvalue weighted by Crippen LogP contribution is -2.52. The highest BCUT2D eigenvalue weighted by molar-refractivity contribution is 6.06. The van der Waals surface area contributed by atoms with Gasteiger partial charge in [-0.15, -0.1) is 0 Å². The summed E-state index contributed by atoms with van der Waals surface area (Å²) in [6, 6.07) is 6.18. The lowest BCUT2D eigenvalue weighted by atomic mass is 10.0. The summed E-state index contributed by atoms with van der Waals surface area (Å²) in [5, 5.41) is 4.52. The first kappa shape index (κ1) is 23.4. The minimum Gasteiger partial charge on any atom is -0.345 e. The number of fused-ring (bicyclic) bond motifs is 1. The smallest absolute Gasteiger partial charge is 0.345 e. The maximum absolute atomic E-state index is 13.2. The Kier molecular flexibility index (Phi) is 6.11. The molecule has 0 aliphatic carbocycles. The minimum atomic E-state index is -4.58. The van der Waals surface area contributed by atoms with Gasteiger partial charge in [-0.25, -0.2) is 4.39 Å². The number of carbonyl (C=O) groups is 4. The van der Waals surface area contributed by atoms with Crippen molar-refractivity contribution >= 4 is 23.6 Å². The highest BCUT2D eigenvalue weighted by Gasteiger charge is 2.39. The average molecular weight is 477 g/mol. The van der Waals surface area contributed by atoms with Crippen molar-refractivity contribution in [3.05, 3.63) is 70.5 Å². The zero-order chi connectivity index (χ0) is 24.6. The van der Waals surface area contributed by atoms with E-state index in [-0.39, 0.29) is 36.1 Å². The predicted molar refractivity (Wildman–Crippen MR) is 110 cm³/mol. The van der Waals surface area contributed by atoms with E-state index in [0.29, 0.717) is 5.56 Å².